The molecule has 0 saturated carbocycles. The van der Waals surface area contributed by atoms with Crippen molar-refractivity contribution >= 4 is 23.0 Å². The fourth-order valence-electron chi connectivity index (χ4n) is 3.56. The van der Waals surface area contributed by atoms with E-state index in [2.05, 4.69) is 30.4 Å². The van der Waals surface area contributed by atoms with Crippen molar-refractivity contribution in [2.45, 2.75) is 0 Å². The van der Waals surface area contributed by atoms with E-state index in [0.29, 0.717) is 46.0 Å². The summed E-state index contributed by atoms with van der Waals surface area (Å²) in [4.78, 5) is 8.29. The molecule has 0 radical (unpaired) electrons. The number of pyridine rings is 2. The van der Waals surface area contributed by atoms with E-state index in [0.717, 1.165) is 11.1 Å². The van der Waals surface area contributed by atoms with E-state index >= 15 is 0 Å². The largest absolute Gasteiger partial charge is 0.496 e. The number of methoxy groups -OCH3 is 2. The van der Waals surface area contributed by atoms with Gasteiger partial charge in [0.1, 0.15) is 23.0 Å². The van der Waals surface area contributed by atoms with Crippen molar-refractivity contribution in [3.05, 3.63) is 97.3 Å². The van der Waals surface area contributed by atoms with Crippen LogP contribution < -0.4 is 9.47 Å². The average molecular weight is 491 g/mol. The molecule has 3 heterocycles. The van der Waals surface area contributed by atoms with Crippen LogP contribution in [0.2, 0.25) is 0 Å². The lowest BCUT2D eigenvalue weighted by atomic mass is 10.1. The summed E-state index contributed by atoms with van der Waals surface area (Å²) in [6.45, 7) is 0. The molecule has 0 unspecified atom stereocenters. The van der Waals surface area contributed by atoms with Crippen molar-refractivity contribution in [3.63, 3.8) is 0 Å². The summed E-state index contributed by atoms with van der Waals surface area (Å²) in [5.74, 6) is 3.55. The molecule has 5 aromatic rings. The predicted molar refractivity (Wildman–Crippen MR) is 140 cm³/mol. The Hall–Kier alpha value is -5.18. The van der Waals surface area contributed by atoms with Crippen LogP contribution in [0.25, 0.3) is 22.6 Å². The Morgan fingerprint density at radius 2 is 1.05 bits per heavy atom. The zero-order valence-corrected chi connectivity index (χ0v) is 20.1. The SMILES string of the molecule is COc1cc(/N=N/c2ccccn2)ccc1-c1ccc(-c2ccc(/N=N/c3ccccn3)cc2OC)o1. The van der Waals surface area contributed by atoms with Gasteiger partial charge in [-0.2, -0.15) is 0 Å². The quantitative estimate of drug-likeness (QED) is 0.204. The van der Waals surface area contributed by atoms with Gasteiger partial charge in [-0.25, -0.2) is 9.97 Å². The van der Waals surface area contributed by atoms with Gasteiger partial charge in [0.15, 0.2) is 11.6 Å². The summed E-state index contributed by atoms with van der Waals surface area (Å²) in [5, 5.41) is 16.8. The number of nitrogens with zero attached hydrogens (tertiary/aromatic N) is 6. The van der Waals surface area contributed by atoms with Crippen LogP contribution in [0.4, 0.5) is 23.0 Å². The predicted octanol–water partition coefficient (Wildman–Crippen LogP) is 8.25. The van der Waals surface area contributed by atoms with Gasteiger partial charge in [-0.1, -0.05) is 12.1 Å². The van der Waals surface area contributed by atoms with E-state index in [9.17, 15) is 0 Å². The number of hydrogen-bond acceptors (Lipinski definition) is 9. The number of benzene rings is 2. The molecule has 3 aromatic heterocycles. The topological polar surface area (TPSA) is 107 Å². The molecule has 0 amide bonds. The Bertz CT molecular complexity index is 1430. The molecule has 0 N–H and O–H groups in total. The first-order valence-electron chi connectivity index (χ1n) is 11.4. The Kier molecular flexibility index (Phi) is 7.03. The van der Waals surface area contributed by atoms with Gasteiger partial charge in [0.05, 0.1) is 36.7 Å². The van der Waals surface area contributed by atoms with E-state index < -0.39 is 0 Å². The van der Waals surface area contributed by atoms with Gasteiger partial charge in [-0.15, -0.1) is 20.5 Å². The first kappa shape index (κ1) is 23.6. The summed E-state index contributed by atoms with van der Waals surface area (Å²) < 4.78 is 17.4. The molecule has 37 heavy (non-hydrogen) atoms. The van der Waals surface area contributed by atoms with Gasteiger partial charge < -0.3 is 13.9 Å². The van der Waals surface area contributed by atoms with E-state index in [1.165, 1.54) is 0 Å². The van der Waals surface area contributed by atoms with E-state index in [1.54, 1.807) is 50.9 Å². The fourth-order valence-corrected chi connectivity index (χ4v) is 3.56. The van der Waals surface area contributed by atoms with Crippen molar-refractivity contribution in [1.29, 1.82) is 0 Å². The number of aromatic nitrogens is 2. The molecular weight excluding hydrogens is 468 g/mol. The molecule has 5 rings (SSSR count). The highest BCUT2D eigenvalue weighted by Gasteiger charge is 2.15. The van der Waals surface area contributed by atoms with Crippen molar-refractivity contribution < 1.29 is 13.9 Å². The third-order valence-corrected chi connectivity index (χ3v) is 5.34. The third kappa shape index (κ3) is 5.57. The monoisotopic (exact) mass is 490 g/mol. The molecule has 0 aliphatic carbocycles. The average Bonchev–Trinajstić information content (AvgIpc) is 3.45. The normalized spacial score (nSPS) is 11.3. The summed E-state index contributed by atoms with van der Waals surface area (Å²) >= 11 is 0. The first-order chi connectivity index (χ1) is 18.2. The Morgan fingerprint density at radius 1 is 0.568 bits per heavy atom. The highest BCUT2D eigenvalue weighted by molar-refractivity contribution is 5.74. The van der Waals surface area contributed by atoms with Gasteiger partial charge >= 0.3 is 0 Å². The second kappa shape index (κ2) is 11.0. The maximum atomic E-state index is 6.19. The minimum absolute atomic E-state index is 0.527. The Labute approximate surface area is 213 Å². The number of azo groups is 2. The minimum atomic E-state index is 0.527. The summed E-state index contributed by atoms with van der Waals surface area (Å²) in [7, 11) is 3.20. The van der Waals surface area contributed by atoms with Crippen LogP contribution >= 0.6 is 0 Å². The van der Waals surface area contributed by atoms with Gasteiger partial charge in [0.25, 0.3) is 0 Å². The highest BCUT2D eigenvalue weighted by Crippen LogP contribution is 2.40. The summed E-state index contributed by atoms with van der Waals surface area (Å²) in [6.07, 6.45) is 3.34. The molecule has 0 aliphatic heterocycles. The standard InChI is InChI=1S/C28H22N6O3/c1-35-25-17-19(31-33-27-7-3-5-15-29-27)9-11-21(25)23-13-14-24(37-23)22-12-10-20(18-26(22)36-2)32-34-28-8-4-6-16-30-28/h3-18H,1-2H3/b33-31+,34-32+. The van der Waals surface area contributed by atoms with Crippen molar-refractivity contribution in [3.8, 4) is 34.1 Å². The number of furan rings is 1. The molecule has 9 nitrogen and oxygen atoms in total. The van der Waals surface area contributed by atoms with Gasteiger partial charge in [0.2, 0.25) is 0 Å². The lowest BCUT2D eigenvalue weighted by Gasteiger charge is -2.08. The fraction of sp³-hybridized carbons (Fsp3) is 0.0714. The van der Waals surface area contributed by atoms with Crippen LogP contribution in [-0.4, -0.2) is 24.2 Å². The maximum Gasteiger partial charge on any atom is 0.174 e. The van der Waals surface area contributed by atoms with Crippen molar-refractivity contribution in [2.75, 3.05) is 14.2 Å². The molecule has 0 aliphatic rings. The van der Waals surface area contributed by atoms with Crippen LogP contribution in [0, 0.1) is 0 Å². The van der Waals surface area contributed by atoms with Gasteiger partial charge in [-0.05, 0) is 60.7 Å². The lowest BCUT2D eigenvalue weighted by molar-refractivity contribution is 0.413. The second-order valence-corrected chi connectivity index (χ2v) is 7.71. The molecule has 0 spiro atoms. The van der Waals surface area contributed by atoms with Crippen LogP contribution in [0.5, 0.6) is 11.5 Å². The van der Waals surface area contributed by atoms with Crippen molar-refractivity contribution in [1.82, 2.24) is 9.97 Å². The molecule has 9 heteroatoms. The molecule has 0 saturated heterocycles. The van der Waals surface area contributed by atoms with Crippen LogP contribution in [0.1, 0.15) is 0 Å². The molecule has 0 fully saturated rings. The van der Waals surface area contributed by atoms with E-state index in [-0.39, 0.29) is 0 Å². The van der Waals surface area contributed by atoms with Crippen molar-refractivity contribution in [2.24, 2.45) is 20.5 Å². The zero-order chi connectivity index (χ0) is 25.5. The highest BCUT2D eigenvalue weighted by atomic mass is 16.5. The number of ether oxygens (including phenoxy) is 2. The smallest absolute Gasteiger partial charge is 0.174 e. The van der Waals surface area contributed by atoms with Gasteiger partial charge in [0, 0.05) is 24.5 Å². The van der Waals surface area contributed by atoms with Crippen LogP contribution in [0.15, 0.2) is 122 Å². The van der Waals surface area contributed by atoms with Crippen LogP contribution in [0.3, 0.4) is 0 Å². The Morgan fingerprint density at radius 3 is 1.46 bits per heavy atom. The molecule has 0 atom stereocenters. The summed E-state index contributed by atoms with van der Waals surface area (Å²) in [6, 6.07) is 25.7. The molecule has 182 valence electrons. The second-order valence-electron chi connectivity index (χ2n) is 7.71. The maximum absolute atomic E-state index is 6.19. The molecule has 0 bridgehead atoms. The minimum Gasteiger partial charge on any atom is -0.496 e. The number of hydrogen-bond donors (Lipinski definition) is 0. The zero-order valence-electron chi connectivity index (χ0n) is 20.1. The summed E-state index contributed by atoms with van der Waals surface area (Å²) in [5.41, 5.74) is 2.83. The molecular formula is C28H22N6O3. The van der Waals surface area contributed by atoms with E-state index in [1.807, 2.05) is 60.7 Å². The van der Waals surface area contributed by atoms with Crippen LogP contribution in [-0.2, 0) is 0 Å². The lowest BCUT2D eigenvalue weighted by Crippen LogP contribution is -1.87. The third-order valence-electron chi connectivity index (χ3n) is 5.34. The number of rotatable bonds is 8. The first-order valence-corrected chi connectivity index (χ1v) is 11.4. The molecule has 2 aromatic carbocycles. The van der Waals surface area contributed by atoms with Gasteiger partial charge in [-0.3, -0.25) is 0 Å². The Balaban J connectivity index is 1.39. The van der Waals surface area contributed by atoms with E-state index in [4.69, 9.17) is 13.9 Å².